The van der Waals surface area contributed by atoms with Crippen LogP contribution in [0.1, 0.15) is 30.4 Å². The van der Waals surface area contributed by atoms with Gasteiger partial charge in [-0.1, -0.05) is 18.2 Å². The third-order valence-corrected chi connectivity index (χ3v) is 4.27. The maximum atomic E-state index is 14.2. The summed E-state index contributed by atoms with van der Waals surface area (Å²) in [6.45, 7) is 6.80. The van der Waals surface area contributed by atoms with E-state index in [1.807, 2.05) is 0 Å². The van der Waals surface area contributed by atoms with Crippen molar-refractivity contribution in [1.82, 2.24) is 4.90 Å². The molecule has 1 atom stereocenters. The quantitative estimate of drug-likeness (QED) is 0.786. The Labute approximate surface area is 135 Å². The van der Waals surface area contributed by atoms with Crippen molar-refractivity contribution in [1.29, 1.82) is 0 Å². The summed E-state index contributed by atoms with van der Waals surface area (Å²) in [5.41, 5.74) is 1.11. The summed E-state index contributed by atoms with van der Waals surface area (Å²) >= 11 is 6.17. The molecule has 22 heavy (non-hydrogen) atoms. The first-order chi connectivity index (χ1) is 10.5. The van der Waals surface area contributed by atoms with E-state index in [4.69, 9.17) is 16.3 Å². The Hall–Kier alpha value is -1.39. The number of benzene rings is 1. The molecule has 0 N–H and O–H groups in total. The molecule has 1 saturated heterocycles. The zero-order valence-electron chi connectivity index (χ0n) is 12.8. The molecular weight excluding hydrogens is 305 g/mol. The maximum Gasteiger partial charge on any atom is 0.246 e. The van der Waals surface area contributed by atoms with Gasteiger partial charge in [-0.05, 0) is 50.0 Å². The molecule has 1 heterocycles. The summed E-state index contributed by atoms with van der Waals surface area (Å²) in [6.07, 6.45) is 3.73. The first kappa shape index (κ1) is 17.0. The van der Waals surface area contributed by atoms with E-state index in [2.05, 4.69) is 6.58 Å². The number of hydrogen-bond donors (Lipinski definition) is 0. The van der Waals surface area contributed by atoms with Crippen molar-refractivity contribution in [2.45, 2.75) is 38.8 Å². The van der Waals surface area contributed by atoms with Crippen LogP contribution in [0.4, 0.5) is 4.39 Å². The average Bonchev–Trinajstić information content (AvgIpc) is 2.75. The molecule has 1 aliphatic heterocycles. The van der Waals surface area contributed by atoms with E-state index in [0.29, 0.717) is 23.8 Å². The standard InChI is InChI=1S/C17H21ClFNO2/c1-3-17(21)20(13-5-4-7-22-8-6-13)11-14-15(18)9-12(2)10-16(14)19/h3,9-10,13H,1,4-8,11H2,2H3. The van der Waals surface area contributed by atoms with Gasteiger partial charge in [-0.2, -0.15) is 0 Å². The van der Waals surface area contributed by atoms with Crippen LogP contribution in [0.2, 0.25) is 5.02 Å². The largest absolute Gasteiger partial charge is 0.381 e. The Balaban J connectivity index is 2.27. The Bertz CT molecular complexity index is 531. The van der Waals surface area contributed by atoms with Crippen LogP contribution in [0.5, 0.6) is 0 Å². The molecule has 1 amide bonds. The predicted molar refractivity (Wildman–Crippen MR) is 85.4 cm³/mol. The second-order valence-corrected chi connectivity index (χ2v) is 5.98. The molecule has 3 nitrogen and oxygen atoms in total. The fourth-order valence-electron chi connectivity index (χ4n) is 2.75. The van der Waals surface area contributed by atoms with Crippen molar-refractivity contribution >= 4 is 17.5 Å². The van der Waals surface area contributed by atoms with Crippen molar-refractivity contribution in [3.8, 4) is 0 Å². The molecule has 1 unspecified atom stereocenters. The Morgan fingerprint density at radius 3 is 2.95 bits per heavy atom. The van der Waals surface area contributed by atoms with E-state index in [1.54, 1.807) is 17.9 Å². The average molecular weight is 326 g/mol. The van der Waals surface area contributed by atoms with Crippen LogP contribution in [0.25, 0.3) is 0 Å². The van der Waals surface area contributed by atoms with Gasteiger partial charge in [0.15, 0.2) is 0 Å². The van der Waals surface area contributed by atoms with Gasteiger partial charge in [-0.25, -0.2) is 4.39 Å². The number of ether oxygens (including phenoxy) is 1. The molecule has 0 aliphatic carbocycles. The molecule has 0 aromatic heterocycles. The molecule has 0 radical (unpaired) electrons. The number of rotatable bonds is 4. The van der Waals surface area contributed by atoms with Gasteiger partial charge in [-0.3, -0.25) is 4.79 Å². The molecule has 1 fully saturated rings. The highest BCUT2D eigenvalue weighted by atomic mass is 35.5. The summed E-state index contributed by atoms with van der Waals surface area (Å²) in [4.78, 5) is 13.9. The molecule has 1 aliphatic rings. The van der Waals surface area contributed by atoms with Crippen LogP contribution in [-0.4, -0.2) is 30.1 Å². The number of amides is 1. The van der Waals surface area contributed by atoms with Crippen LogP contribution >= 0.6 is 11.6 Å². The number of hydrogen-bond acceptors (Lipinski definition) is 2. The fourth-order valence-corrected chi connectivity index (χ4v) is 3.08. The fraction of sp³-hybridized carbons (Fsp3) is 0.471. The highest BCUT2D eigenvalue weighted by Crippen LogP contribution is 2.26. The third kappa shape index (κ3) is 4.08. The number of halogens is 2. The molecule has 1 aromatic carbocycles. The third-order valence-electron chi connectivity index (χ3n) is 3.93. The topological polar surface area (TPSA) is 29.5 Å². The van der Waals surface area contributed by atoms with E-state index >= 15 is 0 Å². The van der Waals surface area contributed by atoms with Crippen LogP contribution < -0.4 is 0 Å². The van der Waals surface area contributed by atoms with Crippen molar-refractivity contribution in [3.05, 3.63) is 46.8 Å². The molecular formula is C17H21ClFNO2. The molecule has 0 saturated carbocycles. The van der Waals surface area contributed by atoms with Crippen molar-refractivity contribution < 1.29 is 13.9 Å². The molecule has 0 bridgehead atoms. The lowest BCUT2D eigenvalue weighted by molar-refractivity contribution is -0.129. The van der Waals surface area contributed by atoms with Gasteiger partial charge in [0.05, 0.1) is 6.54 Å². The van der Waals surface area contributed by atoms with E-state index in [0.717, 1.165) is 24.8 Å². The second kappa shape index (κ2) is 7.75. The van der Waals surface area contributed by atoms with E-state index < -0.39 is 0 Å². The van der Waals surface area contributed by atoms with Crippen LogP contribution in [-0.2, 0) is 16.1 Å². The first-order valence-electron chi connectivity index (χ1n) is 7.48. The van der Waals surface area contributed by atoms with Gasteiger partial charge < -0.3 is 9.64 Å². The lowest BCUT2D eigenvalue weighted by atomic mass is 10.0. The highest BCUT2D eigenvalue weighted by molar-refractivity contribution is 6.31. The van der Waals surface area contributed by atoms with Gasteiger partial charge >= 0.3 is 0 Å². The van der Waals surface area contributed by atoms with Gasteiger partial charge in [0.1, 0.15) is 5.82 Å². The number of carbonyl (C=O) groups is 1. The molecule has 1 aromatic rings. The van der Waals surface area contributed by atoms with E-state index in [1.165, 1.54) is 12.1 Å². The zero-order chi connectivity index (χ0) is 16.1. The van der Waals surface area contributed by atoms with Gasteiger partial charge in [0.25, 0.3) is 0 Å². The van der Waals surface area contributed by atoms with E-state index in [-0.39, 0.29) is 24.3 Å². The number of carbonyl (C=O) groups excluding carboxylic acids is 1. The summed E-state index contributed by atoms with van der Waals surface area (Å²) < 4.78 is 19.7. The number of aryl methyl sites for hydroxylation is 1. The van der Waals surface area contributed by atoms with Crippen molar-refractivity contribution in [3.63, 3.8) is 0 Å². The Kier molecular flexibility index (Phi) is 5.98. The summed E-state index contributed by atoms with van der Waals surface area (Å²) in [7, 11) is 0. The smallest absolute Gasteiger partial charge is 0.246 e. The predicted octanol–water partition coefficient (Wildman–Crippen LogP) is 3.87. The molecule has 5 heteroatoms. The molecule has 2 rings (SSSR count). The molecule has 120 valence electrons. The SMILES string of the molecule is C=CC(=O)N(Cc1c(F)cc(C)cc1Cl)C1CCCOCC1. The van der Waals surface area contributed by atoms with Gasteiger partial charge in [0, 0.05) is 29.8 Å². The van der Waals surface area contributed by atoms with Crippen molar-refractivity contribution in [2.75, 3.05) is 13.2 Å². The lowest BCUT2D eigenvalue weighted by Crippen LogP contribution is -2.39. The minimum Gasteiger partial charge on any atom is -0.381 e. The normalized spacial score (nSPS) is 18.6. The Morgan fingerprint density at radius 2 is 2.27 bits per heavy atom. The Morgan fingerprint density at radius 1 is 1.50 bits per heavy atom. The lowest BCUT2D eigenvalue weighted by Gasteiger charge is -2.30. The maximum absolute atomic E-state index is 14.2. The van der Waals surface area contributed by atoms with Crippen molar-refractivity contribution in [2.24, 2.45) is 0 Å². The van der Waals surface area contributed by atoms with E-state index in [9.17, 15) is 9.18 Å². The van der Waals surface area contributed by atoms with Crippen LogP contribution in [0.3, 0.4) is 0 Å². The van der Waals surface area contributed by atoms with Crippen LogP contribution in [0.15, 0.2) is 24.8 Å². The highest BCUT2D eigenvalue weighted by Gasteiger charge is 2.25. The summed E-state index contributed by atoms with van der Waals surface area (Å²) in [5, 5.41) is 0.351. The monoisotopic (exact) mass is 325 g/mol. The van der Waals surface area contributed by atoms with Gasteiger partial charge in [0.2, 0.25) is 5.91 Å². The number of nitrogens with zero attached hydrogens (tertiary/aromatic N) is 1. The van der Waals surface area contributed by atoms with Crippen LogP contribution in [0, 0.1) is 12.7 Å². The van der Waals surface area contributed by atoms with Gasteiger partial charge in [-0.15, -0.1) is 0 Å². The summed E-state index contributed by atoms with van der Waals surface area (Å²) in [6, 6.07) is 3.17. The minimum atomic E-state index is -0.378. The molecule has 0 spiro atoms. The zero-order valence-corrected chi connectivity index (χ0v) is 13.5. The summed E-state index contributed by atoms with van der Waals surface area (Å²) in [5.74, 6) is -0.584. The second-order valence-electron chi connectivity index (χ2n) is 5.57. The first-order valence-corrected chi connectivity index (χ1v) is 7.86. The minimum absolute atomic E-state index is 0.0183.